The lowest BCUT2D eigenvalue weighted by atomic mass is 9.98. The Morgan fingerprint density at radius 3 is 1.82 bits per heavy atom. The third-order valence-corrected chi connectivity index (χ3v) is 3.98. The molecule has 0 aliphatic heterocycles. The molecule has 0 aliphatic carbocycles. The number of benzene rings is 2. The van der Waals surface area contributed by atoms with E-state index in [0.29, 0.717) is 0 Å². The fourth-order valence-electron chi connectivity index (χ4n) is 2.29. The molecule has 0 saturated heterocycles. The van der Waals surface area contributed by atoms with Gasteiger partial charge in [-0.05, 0) is 60.3 Å². The molecule has 0 bridgehead atoms. The lowest BCUT2D eigenvalue weighted by Crippen LogP contribution is -1.88. The predicted octanol–water partition coefficient (Wildman–Crippen LogP) is 5.35. The lowest BCUT2D eigenvalue weighted by molar-refractivity contribution is 1.34. The smallest absolute Gasteiger partial charge is 0.0283 e. The van der Waals surface area contributed by atoms with Crippen LogP contribution < -0.4 is 0 Å². The fourth-order valence-corrected chi connectivity index (χ4v) is 2.75. The van der Waals surface area contributed by atoms with Gasteiger partial charge in [-0.1, -0.05) is 47.0 Å². The van der Waals surface area contributed by atoms with Crippen LogP contribution in [-0.2, 0) is 0 Å². The Labute approximate surface area is 112 Å². The molecule has 0 aromatic heterocycles. The summed E-state index contributed by atoms with van der Waals surface area (Å²) in [5.41, 5.74) is 7.80. The van der Waals surface area contributed by atoms with Crippen molar-refractivity contribution in [3.05, 3.63) is 57.1 Å². The third kappa shape index (κ3) is 2.61. The summed E-state index contributed by atoms with van der Waals surface area (Å²) in [5.74, 6) is 0. The Morgan fingerprint density at radius 2 is 1.24 bits per heavy atom. The molecule has 17 heavy (non-hydrogen) atoms. The molecule has 0 fully saturated rings. The average molecular weight is 289 g/mol. The van der Waals surface area contributed by atoms with Gasteiger partial charge in [0, 0.05) is 4.47 Å². The number of rotatable bonds is 1. The van der Waals surface area contributed by atoms with E-state index in [-0.39, 0.29) is 0 Å². The van der Waals surface area contributed by atoms with Crippen molar-refractivity contribution >= 4 is 15.9 Å². The topological polar surface area (TPSA) is 0 Å². The first kappa shape index (κ1) is 12.4. The molecule has 0 N–H and O–H groups in total. The first-order chi connectivity index (χ1) is 7.97. The van der Waals surface area contributed by atoms with Crippen LogP contribution in [0.1, 0.15) is 22.3 Å². The Morgan fingerprint density at radius 1 is 0.706 bits per heavy atom. The Bertz CT molecular complexity index is 548. The maximum atomic E-state index is 3.70. The number of halogens is 1. The van der Waals surface area contributed by atoms with E-state index in [1.165, 1.54) is 37.9 Å². The monoisotopic (exact) mass is 288 g/mol. The van der Waals surface area contributed by atoms with E-state index in [1.807, 2.05) is 0 Å². The van der Waals surface area contributed by atoms with Crippen LogP contribution in [0.15, 0.2) is 34.8 Å². The SMILES string of the molecule is Cc1cc(C)cc(-c2cc(C)cc(C)c2Br)c1. The van der Waals surface area contributed by atoms with Crippen molar-refractivity contribution in [3.8, 4) is 11.1 Å². The molecule has 0 aliphatic rings. The minimum Gasteiger partial charge on any atom is -0.0563 e. The molecule has 0 spiro atoms. The summed E-state index contributed by atoms with van der Waals surface area (Å²) in [6.07, 6.45) is 0. The van der Waals surface area contributed by atoms with Gasteiger partial charge in [0.25, 0.3) is 0 Å². The van der Waals surface area contributed by atoms with E-state index in [1.54, 1.807) is 0 Å². The quantitative estimate of drug-likeness (QED) is 0.664. The van der Waals surface area contributed by atoms with Crippen molar-refractivity contribution in [1.82, 2.24) is 0 Å². The van der Waals surface area contributed by atoms with Crippen molar-refractivity contribution in [2.75, 3.05) is 0 Å². The molecule has 0 radical (unpaired) electrons. The van der Waals surface area contributed by atoms with E-state index in [9.17, 15) is 0 Å². The highest BCUT2D eigenvalue weighted by atomic mass is 79.9. The summed E-state index contributed by atoms with van der Waals surface area (Å²) in [4.78, 5) is 0. The van der Waals surface area contributed by atoms with E-state index < -0.39 is 0 Å². The first-order valence-electron chi connectivity index (χ1n) is 5.83. The first-order valence-corrected chi connectivity index (χ1v) is 6.62. The van der Waals surface area contributed by atoms with Gasteiger partial charge in [0.2, 0.25) is 0 Å². The second-order valence-electron chi connectivity index (χ2n) is 4.82. The maximum Gasteiger partial charge on any atom is 0.0283 e. The van der Waals surface area contributed by atoms with Gasteiger partial charge in [0.15, 0.2) is 0 Å². The van der Waals surface area contributed by atoms with Crippen molar-refractivity contribution in [2.45, 2.75) is 27.7 Å². The molecule has 0 unspecified atom stereocenters. The average Bonchev–Trinajstić information content (AvgIpc) is 2.22. The molecule has 0 amide bonds. The van der Waals surface area contributed by atoms with Gasteiger partial charge in [0.05, 0.1) is 0 Å². The molecular weight excluding hydrogens is 272 g/mol. The molecular formula is C16H17Br. The van der Waals surface area contributed by atoms with E-state index in [2.05, 4.69) is 74.0 Å². The molecule has 1 heteroatoms. The standard InChI is InChI=1S/C16H17Br/c1-10-5-11(2)8-14(7-10)15-9-12(3)6-13(4)16(15)17/h5-9H,1-4H3. The Balaban J connectivity index is 2.67. The summed E-state index contributed by atoms with van der Waals surface area (Å²) in [6, 6.07) is 11.1. The molecule has 0 nitrogen and oxygen atoms in total. The number of hydrogen-bond acceptors (Lipinski definition) is 0. The fraction of sp³-hybridized carbons (Fsp3) is 0.250. The molecule has 88 valence electrons. The van der Waals surface area contributed by atoms with E-state index in [0.717, 1.165) is 0 Å². The molecule has 2 rings (SSSR count). The van der Waals surface area contributed by atoms with Crippen LogP contribution in [0.3, 0.4) is 0 Å². The maximum absolute atomic E-state index is 3.70. The highest BCUT2D eigenvalue weighted by molar-refractivity contribution is 9.10. The van der Waals surface area contributed by atoms with Crippen LogP contribution in [0.25, 0.3) is 11.1 Å². The molecule has 0 heterocycles. The van der Waals surface area contributed by atoms with Crippen LogP contribution >= 0.6 is 15.9 Å². The zero-order chi connectivity index (χ0) is 12.6. The van der Waals surface area contributed by atoms with Gasteiger partial charge in [0.1, 0.15) is 0 Å². The van der Waals surface area contributed by atoms with Crippen LogP contribution in [0.4, 0.5) is 0 Å². The minimum absolute atomic E-state index is 1.20. The van der Waals surface area contributed by atoms with Crippen molar-refractivity contribution in [2.24, 2.45) is 0 Å². The number of hydrogen-bond donors (Lipinski definition) is 0. The third-order valence-electron chi connectivity index (χ3n) is 2.93. The number of aryl methyl sites for hydroxylation is 4. The molecule has 2 aromatic carbocycles. The largest absolute Gasteiger partial charge is 0.0563 e. The second kappa shape index (κ2) is 4.66. The van der Waals surface area contributed by atoms with Crippen LogP contribution in [0.2, 0.25) is 0 Å². The van der Waals surface area contributed by atoms with Gasteiger partial charge in [-0.2, -0.15) is 0 Å². The second-order valence-corrected chi connectivity index (χ2v) is 5.61. The predicted molar refractivity (Wildman–Crippen MR) is 78.5 cm³/mol. The normalized spacial score (nSPS) is 10.6. The van der Waals surface area contributed by atoms with Crippen molar-refractivity contribution < 1.29 is 0 Å². The molecule has 2 aromatic rings. The van der Waals surface area contributed by atoms with Crippen LogP contribution in [-0.4, -0.2) is 0 Å². The van der Waals surface area contributed by atoms with Gasteiger partial charge < -0.3 is 0 Å². The molecule has 0 saturated carbocycles. The summed E-state index contributed by atoms with van der Waals surface area (Å²) in [5, 5.41) is 0. The van der Waals surface area contributed by atoms with Crippen molar-refractivity contribution in [3.63, 3.8) is 0 Å². The van der Waals surface area contributed by atoms with Crippen LogP contribution in [0.5, 0.6) is 0 Å². The Kier molecular flexibility index (Phi) is 3.39. The Hall–Kier alpha value is -1.08. The zero-order valence-electron chi connectivity index (χ0n) is 10.8. The van der Waals surface area contributed by atoms with Crippen molar-refractivity contribution in [1.29, 1.82) is 0 Å². The highest BCUT2D eigenvalue weighted by Gasteiger charge is 2.07. The van der Waals surface area contributed by atoms with E-state index >= 15 is 0 Å². The summed E-state index contributed by atoms with van der Waals surface area (Å²) in [7, 11) is 0. The highest BCUT2D eigenvalue weighted by Crippen LogP contribution is 2.33. The molecule has 0 atom stereocenters. The van der Waals surface area contributed by atoms with Gasteiger partial charge in [-0.25, -0.2) is 0 Å². The van der Waals surface area contributed by atoms with Gasteiger partial charge in [-0.3, -0.25) is 0 Å². The summed E-state index contributed by atoms with van der Waals surface area (Å²) in [6.45, 7) is 8.58. The summed E-state index contributed by atoms with van der Waals surface area (Å²) >= 11 is 3.70. The van der Waals surface area contributed by atoms with Gasteiger partial charge in [-0.15, -0.1) is 0 Å². The van der Waals surface area contributed by atoms with Crippen LogP contribution in [0, 0.1) is 27.7 Å². The van der Waals surface area contributed by atoms with E-state index in [4.69, 9.17) is 0 Å². The van der Waals surface area contributed by atoms with Gasteiger partial charge >= 0.3 is 0 Å². The summed E-state index contributed by atoms with van der Waals surface area (Å²) < 4.78 is 1.20. The zero-order valence-corrected chi connectivity index (χ0v) is 12.4. The lowest BCUT2D eigenvalue weighted by Gasteiger charge is -2.11. The minimum atomic E-state index is 1.20.